The van der Waals surface area contributed by atoms with Crippen molar-refractivity contribution in [2.75, 3.05) is 6.61 Å². The molecule has 0 aliphatic rings. The van der Waals surface area contributed by atoms with Crippen LogP contribution in [0, 0.1) is 0 Å². The van der Waals surface area contributed by atoms with Crippen molar-refractivity contribution in [2.24, 2.45) is 5.14 Å². The van der Waals surface area contributed by atoms with Crippen LogP contribution in [0.3, 0.4) is 0 Å². The first-order chi connectivity index (χ1) is 10.5. The maximum absolute atomic E-state index is 11.8. The minimum Gasteiger partial charge on any atom is -0.458 e. The van der Waals surface area contributed by atoms with E-state index in [-0.39, 0.29) is 17.1 Å². The van der Waals surface area contributed by atoms with E-state index in [1.54, 1.807) is 6.08 Å². The molecule has 0 saturated heterocycles. The third-order valence-corrected chi connectivity index (χ3v) is 3.77. The van der Waals surface area contributed by atoms with Gasteiger partial charge >= 0.3 is 5.97 Å². The van der Waals surface area contributed by atoms with Gasteiger partial charge in [0.05, 0.1) is 10.5 Å². The van der Waals surface area contributed by atoms with E-state index in [9.17, 15) is 13.2 Å². The Morgan fingerprint density at radius 3 is 2.27 bits per heavy atom. The summed E-state index contributed by atoms with van der Waals surface area (Å²) >= 11 is 0. The van der Waals surface area contributed by atoms with E-state index in [0.717, 1.165) is 5.56 Å². The number of nitrogens with two attached hydrogens (primary N) is 1. The summed E-state index contributed by atoms with van der Waals surface area (Å²) in [4.78, 5) is 11.7. The van der Waals surface area contributed by atoms with Gasteiger partial charge in [-0.2, -0.15) is 0 Å². The predicted octanol–water partition coefficient (Wildman–Crippen LogP) is 2.20. The zero-order chi connectivity index (χ0) is 16.0. The average Bonchev–Trinajstić information content (AvgIpc) is 2.52. The summed E-state index contributed by atoms with van der Waals surface area (Å²) in [5.41, 5.74) is 1.27. The van der Waals surface area contributed by atoms with Crippen LogP contribution in [0.15, 0.2) is 65.6 Å². The smallest absolute Gasteiger partial charge is 0.338 e. The van der Waals surface area contributed by atoms with E-state index in [0.29, 0.717) is 0 Å². The van der Waals surface area contributed by atoms with Crippen molar-refractivity contribution in [3.05, 3.63) is 71.8 Å². The lowest BCUT2D eigenvalue weighted by Crippen LogP contribution is -2.12. The molecule has 0 aromatic heterocycles. The maximum atomic E-state index is 11.8. The molecule has 0 bridgehead atoms. The van der Waals surface area contributed by atoms with Crippen LogP contribution in [0.25, 0.3) is 6.08 Å². The molecular formula is C16H15NO4S. The number of esters is 1. The van der Waals surface area contributed by atoms with E-state index in [2.05, 4.69) is 0 Å². The average molecular weight is 317 g/mol. The van der Waals surface area contributed by atoms with Gasteiger partial charge in [0, 0.05) is 0 Å². The van der Waals surface area contributed by atoms with Crippen LogP contribution in [0.2, 0.25) is 0 Å². The molecule has 0 saturated carbocycles. The van der Waals surface area contributed by atoms with Crippen LogP contribution in [0.1, 0.15) is 15.9 Å². The first-order valence-corrected chi connectivity index (χ1v) is 8.03. The lowest BCUT2D eigenvalue weighted by atomic mass is 10.2. The molecule has 0 spiro atoms. The molecule has 22 heavy (non-hydrogen) atoms. The van der Waals surface area contributed by atoms with Crippen molar-refractivity contribution in [1.29, 1.82) is 0 Å². The lowest BCUT2D eigenvalue weighted by Gasteiger charge is -2.03. The Balaban J connectivity index is 1.91. The standard InChI is InChI=1S/C16H15NO4S/c17-22(19,20)15-10-8-14(9-11-15)16(18)21-12-4-7-13-5-2-1-3-6-13/h1-11H,12H2,(H2,17,19,20)/b7-4+. The molecule has 2 aromatic rings. The van der Waals surface area contributed by atoms with Crippen LogP contribution in [0.5, 0.6) is 0 Å². The molecule has 114 valence electrons. The van der Waals surface area contributed by atoms with Gasteiger partial charge in [-0.25, -0.2) is 18.4 Å². The van der Waals surface area contributed by atoms with Crippen LogP contribution in [0.4, 0.5) is 0 Å². The van der Waals surface area contributed by atoms with Crippen molar-refractivity contribution in [3.8, 4) is 0 Å². The highest BCUT2D eigenvalue weighted by molar-refractivity contribution is 7.89. The second-order valence-corrected chi connectivity index (χ2v) is 6.04. The number of ether oxygens (including phenoxy) is 1. The molecule has 0 heterocycles. The molecule has 2 N–H and O–H groups in total. The second kappa shape index (κ2) is 7.02. The minimum absolute atomic E-state index is 0.0481. The van der Waals surface area contributed by atoms with E-state index >= 15 is 0 Å². The van der Waals surface area contributed by atoms with Gasteiger partial charge in [0.15, 0.2) is 0 Å². The van der Waals surface area contributed by atoms with Crippen molar-refractivity contribution < 1.29 is 17.9 Å². The number of carbonyl (C=O) groups excluding carboxylic acids is 1. The van der Waals surface area contributed by atoms with Gasteiger partial charge in [-0.1, -0.05) is 36.4 Å². The third-order valence-electron chi connectivity index (χ3n) is 2.84. The molecular weight excluding hydrogens is 302 g/mol. The van der Waals surface area contributed by atoms with Crippen molar-refractivity contribution in [3.63, 3.8) is 0 Å². The summed E-state index contributed by atoms with van der Waals surface area (Å²) in [5.74, 6) is -0.529. The predicted molar refractivity (Wildman–Crippen MR) is 83.6 cm³/mol. The second-order valence-electron chi connectivity index (χ2n) is 4.48. The zero-order valence-corrected chi connectivity index (χ0v) is 12.5. The van der Waals surface area contributed by atoms with E-state index in [4.69, 9.17) is 9.88 Å². The molecule has 0 amide bonds. The number of primary sulfonamides is 1. The summed E-state index contributed by atoms with van der Waals surface area (Å²) in [6, 6.07) is 14.9. The zero-order valence-electron chi connectivity index (χ0n) is 11.7. The lowest BCUT2D eigenvalue weighted by molar-refractivity contribution is 0.0550. The summed E-state index contributed by atoms with van der Waals surface area (Å²) in [6.45, 7) is 0.130. The molecule has 2 aromatic carbocycles. The topological polar surface area (TPSA) is 86.5 Å². The fourth-order valence-corrected chi connectivity index (χ4v) is 2.25. The Bertz CT molecular complexity index is 766. The highest BCUT2D eigenvalue weighted by Gasteiger charge is 2.10. The Morgan fingerprint density at radius 1 is 1.05 bits per heavy atom. The number of rotatable bonds is 5. The van der Waals surface area contributed by atoms with E-state index in [1.807, 2.05) is 36.4 Å². The van der Waals surface area contributed by atoms with Crippen molar-refractivity contribution in [1.82, 2.24) is 0 Å². The molecule has 2 rings (SSSR count). The summed E-state index contributed by atoms with van der Waals surface area (Å²) in [6.07, 6.45) is 3.57. The summed E-state index contributed by atoms with van der Waals surface area (Å²) in [7, 11) is -3.76. The van der Waals surface area contributed by atoms with E-state index < -0.39 is 16.0 Å². The Labute approximate surface area is 129 Å². The van der Waals surface area contributed by atoms with Gasteiger partial charge in [-0.15, -0.1) is 0 Å². The number of sulfonamides is 1. The number of carbonyl (C=O) groups is 1. The van der Waals surface area contributed by atoms with Gasteiger partial charge in [0.25, 0.3) is 0 Å². The van der Waals surface area contributed by atoms with Gasteiger partial charge < -0.3 is 4.74 Å². The van der Waals surface area contributed by atoms with Gasteiger partial charge in [0.1, 0.15) is 6.61 Å². The van der Waals surface area contributed by atoms with Gasteiger partial charge in [-0.05, 0) is 35.9 Å². The molecule has 6 heteroatoms. The summed E-state index contributed by atoms with van der Waals surface area (Å²) < 4.78 is 27.3. The SMILES string of the molecule is NS(=O)(=O)c1ccc(C(=O)OC/C=C/c2ccccc2)cc1. The molecule has 0 radical (unpaired) electrons. The van der Waals surface area contributed by atoms with E-state index in [1.165, 1.54) is 24.3 Å². The Kier molecular flexibility index (Phi) is 5.08. The van der Waals surface area contributed by atoms with Crippen LogP contribution in [-0.2, 0) is 14.8 Å². The molecule has 0 aliphatic heterocycles. The fourth-order valence-electron chi connectivity index (χ4n) is 1.74. The quantitative estimate of drug-likeness (QED) is 0.857. The molecule has 0 fully saturated rings. The normalized spacial score (nSPS) is 11.5. The van der Waals surface area contributed by atoms with Crippen LogP contribution < -0.4 is 5.14 Å². The number of benzene rings is 2. The highest BCUT2D eigenvalue weighted by Crippen LogP contribution is 2.10. The number of hydrogen-bond acceptors (Lipinski definition) is 4. The number of hydrogen-bond donors (Lipinski definition) is 1. The van der Waals surface area contributed by atoms with Gasteiger partial charge in [-0.3, -0.25) is 0 Å². The first-order valence-electron chi connectivity index (χ1n) is 6.48. The van der Waals surface area contributed by atoms with Crippen molar-refractivity contribution >= 4 is 22.1 Å². The fraction of sp³-hybridized carbons (Fsp3) is 0.0625. The largest absolute Gasteiger partial charge is 0.458 e. The minimum atomic E-state index is -3.76. The van der Waals surface area contributed by atoms with Crippen molar-refractivity contribution in [2.45, 2.75) is 4.90 Å². The monoisotopic (exact) mass is 317 g/mol. The molecule has 0 atom stereocenters. The third kappa shape index (κ3) is 4.54. The van der Waals surface area contributed by atoms with Crippen LogP contribution in [-0.4, -0.2) is 21.0 Å². The highest BCUT2D eigenvalue weighted by atomic mass is 32.2. The Morgan fingerprint density at radius 2 is 1.68 bits per heavy atom. The van der Waals surface area contributed by atoms with Crippen LogP contribution >= 0.6 is 0 Å². The maximum Gasteiger partial charge on any atom is 0.338 e. The molecule has 0 aliphatic carbocycles. The van der Waals surface area contributed by atoms with Gasteiger partial charge in [0.2, 0.25) is 10.0 Å². The Hall–Kier alpha value is -2.44. The first kappa shape index (κ1) is 15.9. The molecule has 5 nitrogen and oxygen atoms in total. The summed E-state index contributed by atoms with van der Waals surface area (Å²) in [5, 5.41) is 4.98. The molecule has 0 unspecified atom stereocenters.